The normalized spacial score (nSPS) is 10.3. The molecule has 0 aliphatic heterocycles. The van der Waals surface area contributed by atoms with Crippen molar-refractivity contribution in [3.05, 3.63) is 42.0 Å². The quantitative estimate of drug-likeness (QED) is 0.830. The molecule has 0 spiro atoms. The zero-order chi connectivity index (χ0) is 13.0. The Morgan fingerprint density at radius 1 is 1.44 bits per heavy atom. The Morgan fingerprint density at radius 3 is 2.89 bits per heavy atom. The summed E-state index contributed by atoms with van der Waals surface area (Å²) in [5.41, 5.74) is 0.485. The Morgan fingerprint density at radius 2 is 2.22 bits per heavy atom. The Kier molecular flexibility index (Phi) is 3.63. The number of rotatable bonds is 4. The first-order valence-electron chi connectivity index (χ1n) is 5.23. The van der Waals surface area contributed by atoms with E-state index in [9.17, 15) is 9.18 Å². The van der Waals surface area contributed by atoms with E-state index < -0.39 is 11.7 Å². The standard InChI is InChI=1S/C11H11FN4O2/c12-9-3-1-2-4-10(9)13-11(18)6-16-5-8(7-17)14-15-16/h1-5,17H,6-7H2,(H,13,18). The van der Waals surface area contributed by atoms with E-state index in [-0.39, 0.29) is 18.8 Å². The fourth-order valence-corrected chi connectivity index (χ4v) is 1.39. The van der Waals surface area contributed by atoms with Gasteiger partial charge < -0.3 is 10.4 Å². The number of benzene rings is 1. The number of amides is 1. The molecule has 0 bridgehead atoms. The maximum atomic E-state index is 13.3. The van der Waals surface area contributed by atoms with Crippen molar-refractivity contribution in [3.8, 4) is 0 Å². The number of carbonyl (C=O) groups is 1. The zero-order valence-electron chi connectivity index (χ0n) is 9.38. The number of hydrogen-bond acceptors (Lipinski definition) is 4. The average Bonchev–Trinajstić information content (AvgIpc) is 2.80. The third-order valence-corrected chi connectivity index (χ3v) is 2.20. The molecule has 0 aliphatic carbocycles. The topological polar surface area (TPSA) is 80.0 Å². The van der Waals surface area contributed by atoms with Gasteiger partial charge in [0.25, 0.3) is 0 Å². The molecule has 1 aromatic heterocycles. The molecule has 0 saturated heterocycles. The lowest BCUT2D eigenvalue weighted by Crippen LogP contribution is -2.19. The Labute approximate surface area is 102 Å². The molecule has 2 N–H and O–H groups in total. The summed E-state index contributed by atoms with van der Waals surface area (Å²) in [4.78, 5) is 11.6. The van der Waals surface area contributed by atoms with Gasteiger partial charge in [0.05, 0.1) is 18.5 Å². The first-order chi connectivity index (χ1) is 8.69. The van der Waals surface area contributed by atoms with Gasteiger partial charge in [0.15, 0.2) is 0 Å². The summed E-state index contributed by atoms with van der Waals surface area (Å²) in [7, 11) is 0. The van der Waals surface area contributed by atoms with Crippen LogP contribution < -0.4 is 5.32 Å². The van der Waals surface area contributed by atoms with Crippen LogP contribution in [0, 0.1) is 5.82 Å². The van der Waals surface area contributed by atoms with Crippen LogP contribution >= 0.6 is 0 Å². The highest BCUT2D eigenvalue weighted by molar-refractivity contribution is 5.90. The third kappa shape index (κ3) is 2.89. The molecule has 0 fully saturated rings. The molecule has 1 aromatic carbocycles. The number of aliphatic hydroxyl groups excluding tert-OH is 1. The predicted octanol–water partition coefficient (Wildman–Crippen LogP) is 0.548. The van der Waals surface area contributed by atoms with Crippen molar-refractivity contribution < 1.29 is 14.3 Å². The van der Waals surface area contributed by atoms with Crippen molar-refractivity contribution in [1.29, 1.82) is 0 Å². The minimum Gasteiger partial charge on any atom is -0.390 e. The van der Waals surface area contributed by atoms with Crippen LogP contribution in [0.5, 0.6) is 0 Å². The van der Waals surface area contributed by atoms with E-state index in [2.05, 4.69) is 15.6 Å². The van der Waals surface area contributed by atoms with Crippen LogP contribution in [0.2, 0.25) is 0 Å². The summed E-state index contributed by atoms with van der Waals surface area (Å²) in [6.45, 7) is -0.337. The summed E-state index contributed by atoms with van der Waals surface area (Å²) >= 11 is 0. The predicted molar refractivity (Wildman–Crippen MR) is 61.0 cm³/mol. The number of aromatic nitrogens is 3. The van der Waals surface area contributed by atoms with Gasteiger partial charge in [-0.25, -0.2) is 9.07 Å². The van der Waals surface area contributed by atoms with Crippen molar-refractivity contribution in [2.75, 3.05) is 5.32 Å². The van der Waals surface area contributed by atoms with Gasteiger partial charge in [-0.05, 0) is 12.1 Å². The highest BCUT2D eigenvalue weighted by atomic mass is 19.1. The fraction of sp³-hybridized carbons (Fsp3) is 0.182. The Hall–Kier alpha value is -2.28. The van der Waals surface area contributed by atoms with Crippen LogP contribution in [-0.4, -0.2) is 26.0 Å². The summed E-state index contributed by atoms with van der Waals surface area (Å²) in [5.74, 6) is -0.921. The van der Waals surface area contributed by atoms with E-state index in [0.29, 0.717) is 5.69 Å². The van der Waals surface area contributed by atoms with Crippen molar-refractivity contribution >= 4 is 11.6 Å². The molecule has 2 aromatic rings. The van der Waals surface area contributed by atoms with Gasteiger partial charge in [-0.15, -0.1) is 5.10 Å². The molecule has 0 unspecified atom stereocenters. The summed E-state index contributed by atoms with van der Waals surface area (Å²) in [6.07, 6.45) is 1.45. The molecule has 0 atom stereocenters. The molecule has 6 nitrogen and oxygen atoms in total. The zero-order valence-corrected chi connectivity index (χ0v) is 9.38. The number of halogens is 1. The molecule has 7 heteroatoms. The Bertz CT molecular complexity index is 555. The third-order valence-electron chi connectivity index (χ3n) is 2.20. The minimum atomic E-state index is -0.500. The first kappa shape index (κ1) is 12.2. The van der Waals surface area contributed by atoms with E-state index in [4.69, 9.17) is 5.11 Å². The number of anilines is 1. The molecular formula is C11H11FN4O2. The van der Waals surface area contributed by atoms with E-state index in [1.165, 1.54) is 29.1 Å². The highest BCUT2D eigenvalue weighted by Crippen LogP contribution is 2.12. The largest absolute Gasteiger partial charge is 0.390 e. The molecule has 0 saturated carbocycles. The van der Waals surface area contributed by atoms with Gasteiger partial charge in [-0.2, -0.15) is 0 Å². The summed E-state index contributed by atoms with van der Waals surface area (Å²) < 4.78 is 14.5. The lowest BCUT2D eigenvalue weighted by molar-refractivity contribution is -0.116. The molecule has 1 heterocycles. The molecule has 2 rings (SSSR count). The maximum absolute atomic E-state index is 13.3. The van der Waals surface area contributed by atoms with Crippen molar-refractivity contribution in [1.82, 2.24) is 15.0 Å². The number of aliphatic hydroxyl groups is 1. The number of para-hydroxylation sites is 1. The van der Waals surface area contributed by atoms with Gasteiger partial charge in [0.2, 0.25) is 5.91 Å². The van der Waals surface area contributed by atoms with Gasteiger partial charge in [-0.3, -0.25) is 4.79 Å². The average molecular weight is 250 g/mol. The fourth-order valence-electron chi connectivity index (χ4n) is 1.39. The van der Waals surface area contributed by atoms with Gasteiger partial charge >= 0.3 is 0 Å². The minimum absolute atomic E-state index is 0.0959. The van der Waals surface area contributed by atoms with Crippen LogP contribution in [0.3, 0.4) is 0 Å². The second-order valence-electron chi connectivity index (χ2n) is 3.59. The van der Waals surface area contributed by atoms with E-state index >= 15 is 0 Å². The van der Waals surface area contributed by atoms with E-state index in [0.717, 1.165) is 0 Å². The number of carbonyl (C=O) groups excluding carboxylic acids is 1. The van der Waals surface area contributed by atoms with Crippen LogP contribution in [0.25, 0.3) is 0 Å². The number of nitrogens with zero attached hydrogens (tertiary/aromatic N) is 3. The molecule has 0 radical (unpaired) electrons. The molecule has 94 valence electrons. The van der Waals surface area contributed by atoms with Crippen molar-refractivity contribution in [3.63, 3.8) is 0 Å². The molecule has 18 heavy (non-hydrogen) atoms. The van der Waals surface area contributed by atoms with Crippen LogP contribution in [0.1, 0.15) is 5.69 Å². The van der Waals surface area contributed by atoms with Crippen molar-refractivity contribution in [2.24, 2.45) is 0 Å². The second-order valence-corrected chi connectivity index (χ2v) is 3.59. The van der Waals surface area contributed by atoms with Crippen LogP contribution in [0.15, 0.2) is 30.5 Å². The molecule has 1 amide bonds. The summed E-state index contributed by atoms with van der Waals surface area (Å²) in [6, 6.07) is 5.89. The van der Waals surface area contributed by atoms with Crippen molar-refractivity contribution in [2.45, 2.75) is 13.2 Å². The van der Waals surface area contributed by atoms with E-state index in [1.807, 2.05) is 0 Å². The lowest BCUT2D eigenvalue weighted by Gasteiger charge is -2.05. The monoisotopic (exact) mass is 250 g/mol. The van der Waals surface area contributed by atoms with Crippen LogP contribution in [-0.2, 0) is 17.9 Å². The Balaban J connectivity index is 1.99. The van der Waals surface area contributed by atoms with Crippen LogP contribution in [0.4, 0.5) is 10.1 Å². The summed E-state index contributed by atoms with van der Waals surface area (Å²) in [5, 5.41) is 18.5. The van der Waals surface area contributed by atoms with E-state index in [1.54, 1.807) is 6.07 Å². The number of nitrogens with one attached hydrogen (secondary N) is 1. The van der Waals surface area contributed by atoms with Gasteiger partial charge in [0.1, 0.15) is 18.1 Å². The number of hydrogen-bond donors (Lipinski definition) is 2. The van der Waals surface area contributed by atoms with Gasteiger partial charge in [-0.1, -0.05) is 17.3 Å². The smallest absolute Gasteiger partial charge is 0.246 e. The highest BCUT2D eigenvalue weighted by Gasteiger charge is 2.08. The molecular weight excluding hydrogens is 239 g/mol. The first-order valence-corrected chi connectivity index (χ1v) is 5.23. The molecule has 0 aliphatic rings. The van der Waals surface area contributed by atoms with Gasteiger partial charge in [0, 0.05) is 0 Å². The lowest BCUT2D eigenvalue weighted by atomic mass is 10.3. The maximum Gasteiger partial charge on any atom is 0.246 e. The SMILES string of the molecule is O=C(Cn1cc(CO)nn1)Nc1ccccc1F. The second kappa shape index (κ2) is 5.37.